The lowest BCUT2D eigenvalue weighted by Gasteiger charge is -2.32. The summed E-state index contributed by atoms with van der Waals surface area (Å²) in [5.41, 5.74) is 0.798. The Morgan fingerprint density at radius 1 is 1.18 bits per heavy atom. The van der Waals surface area contributed by atoms with Crippen LogP contribution in [-0.4, -0.2) is 49.5 Å². The highest BCUT2D eigenvalue weighted by molar-refractivity contribution is 7.15. The molecule has 1 amide bonds. The number of aromatic nitrogens is 2. The Morgan fingerprint density at radius 2 is 1.95 bits per heavy atom. The molecular formula is C28H27F3N4O3S. The van der Waals surface area contributed by atoms with Crippen molar-refractivity contribution >= 4 is 28.1 Å². The fourth-order valence-electron chi connectivity index (χ4n) is 4.35. The van der Waals surface area contributed by atoms with Crippen LogP contribution in [0.3, 0.4) is 0 Å². The Morgan fingerprint density at radius 3 is 2.62 bits per heavy atom. The van der Waals surface area contributed by atoms with Gasteiger partial charge in [0.1, 0.15) is 5.75 Å². The maximum Gasteiger partial charge on any atom is 0.418 e. The van der Waals surface area contributed by atoms with E-state index in [1.807, 2.05) is 6.92 Å². The van der Waals surface area contributed by atoms with Crippen LogP contribution in [-0.2, 0) is 17.3 Å². The van der Waals surface area contributed by atoms with E-state index in [2.05, 4.69) is 27.4 Å². The molecule has 2 aromatic carbocycles. The van der Waals surface area contributed by atoms with Crippen molar-refractivity contribution < 1.29 is 27.4 Å². The number of nitrogens with zero attached hydrogens (tertiary/aromatic N) is 3. The predicted molar refractivity (Wildman–Crippen MR) is 143 cm³/mol. The van der Waals surface area contributed by atoms with Gasteiger partial charge in [-0.2, -0.15) is 13.2 Å². The zero-order valence-corrected chi connectivity index (χ0v) is 22.3. The van der Waals surface area contributed by atoms with Crippen molar-refractivity contribution in [2.45, 2.75) is 32.4 Å². The second-order valence-corrected chi connectivity index (χ2v) is 10.3. The zero-order valence-electron chi connectivity index (χ0n) is 21.5. The minimum atomic E-state index is -4.62. The number of halogens is 3. The molecule has 7 nitrogen and oxygen atoms in total. The Bertz CT molecular complexity index is 1430. The van der Waals surface area contributed by atoms with E-state index in [1.54, 1.807) is 23.1 Å². The third-order valence-electron chi connectivity index (χ3n) is 6.61. The van der Waals surface area contributed by atoms with Gasteiger partial charge in [-0.1, -0.05) is 36.3 Å². The van der Waals surface area contributed by atoms with Crippen LogP contribution in [0.1, 0.15) is 46.3 Å². The van der Waals surface area contributed by atoms with Crippen LogP contribution in [0.5, 0.6) is 5.75 Å². The summed E-state index contributed by atoms with van der Waals surface area (Å²) in [6, 6.07) is 7.60. The molecular weight excluding hydrogens is 529 g/mol. The van der Waals surface area contributed by atoms with Gasteiger partial charge in [0, 0.05) is 36.2 Å². The summed E-state index contributed by atoms with van der Waals surface area (Å²) >= 11 is 1.15. The minimum absolute atomic E-state index is 0.0257. The maximum atomic E-state index is 14.3. The SMILES string of the molecule is CCc1ccc(C(=O)Nc2nnc(C#CC3CC3)s2)c(-c2cc(C(F)(F)F)c(N3CCOCC3)cc2OC)c1. The molecule has 11 heteroatoms. The number of amides is 1. The van der Waals surface area contributed by atoms with Gasteiger partial charge in [0.25, 0.3) is 5.91 Å². The number of rotatable bonds is 6. The van der Waals surface area contributed by atoms with Gasteiger partial charge < -0.3 is 14.4 Å². The van der Waals surface area contributed by atoms with E-state index in [0.29, 0.717) is 49.2 Å². The van der Waals surface area contributed by atoms with Crippen LogP contribution in [0.25, 0.3) is 11.1 Å². The highest BCUT2D eigenvalue weighted by Gasteiger charge is 2.37. The molecule has 0 radical (unpaired) electrons. The second-order valence-electron chi connectivity index (χ2n) is 9.31. The molecule has 0 spiro atoms. The van der Waals surface area contributed by atoms with Gasteiger partial charge in [-0.25, -0.2) is 0 Å². The molecule has 39 heavy (non-hydrogen) atoms. The molecule has 3 aromatic rings. The number of hydrogen-bond donors (Lipinski definition) is 1. The van der Waals surface area contributed by atoms with Crippen LogP contribution in [0, 0.1) is 17.8 Å². The van der Waals surface area contributed by atoms with E-state index in [9.17, 15) is 18.0 Å². The van der Waals surface area contributed by atoms with Crippen molar-refractivity contribution in [2.24, 2.45) is 5.92 Å². The van der Waals surface area contributed by atoms with Gasteiger partial charge in [-0.05, 0) is 48.4 Å². The Hall–Kier alpha value is -3.62. The number of carbonyl (C=O) groups excluding carboxylic acids is 1. The molecule has 204 valence electrons. The minimum Gasteiger partial charge on any atom is -0.496 e. The lowest BCUT2D eigenvalue weighted by Crippen LogP contribution is -2.37. The number of carbonyl (C=O) groups is 1. The Labute approximate surface area is 228 Å². The average molecular weight is 557 g/mol. The molecule has 0 unspecified atom stereocenters. The molecule has 1 aliphatic heterocycles. The van der Waals surface area contributed by atoms with Crippen LogP contribution in [0.2, 0.25) is 0 Å². The van der Waals surface area contributed by atoms with E-state index < -0.39 is 17.6 Å². The van der Waals surface area contributed by atoms with Gasteiger partial charge in [0.05, 0.1) is 31.6 Å². The highest BCUT2D eigenvalue weighted by Crippen LogP contribution is 2.45. The van der Waals surface area contributed by atoms with Crippen LogP contribution in [0.15, 0.2) is 30.3 Å². The second kappa shape index (κ2) is 11.2. The third kappa shape index (κ3) is 6.18. The van der Waals surface area contributed by atoms with Crippen LogP contribution >= 0.6 is 11.3 Å². The molecule has 1 saturated heterocycles. The molecule has 0 bridgehead atoms. The molecule has 2 fully saturated rings. The van der Waals surface area contributed by atoms with Crippen molar-refractivity contribution in [2.75, 3.05) is 43.6 Å². The summed E-state index contributed by atoms with van der Waals surface area (Å²) in [7, 11) is 1.41. The Kier molecular flexibility index (Phi) is 7.77. The number of hydrogen-bond acceptors (Lipinski definition) is 7. The smallest absolute Gasteiger partial charge is 0.418 e. The molecule has 2 aliphatic rings. The standard InChI is InChI=1S/C28H27F3N4O3S/c1-3-17-6-8-19(26(36)32-27-34-33-25(39-27)9-7-18-4-5-18)20(14-17)21-15-22(28(29,30)31)23(16-24(21)37-2)35-10-12-38-13-11-35/h6,8,14-16,18H,3-5,10-13H2,1-2H3,(H,32,34,36). The maximum absolute atomic E-state index is 14.3. The van der Waals surface area contributed by atoms with Crippen molar-refractivity contribution in [3.8, 4) is 28.7 Å². The largest absolute Gasteiger partial charge is 0.496 e. The summed E-state index contributed by atoms with van der Waals surface area (Å²) in [6.45, 7) is 3.27. The number of anilines is 2. The van der Waals surface area contributed by atoms with Crippen molar-refractivity contribution in [3.63, 3.8) is 0 Å². The molecule has 0 atom stereocenters. The van der Waals surface area contributed by atoms with Crippen molar-refractivity contribution in [3.05, 3.63) is 52.0 Å². The first kappa shape index (κ1) is 27.0. The number of morpholine rings is 1. The van der Waals surface area contributed by atoms with Gasteiger partial charge in [0.15, 0.2) is 5.01 Å². The van der Waals surface area contributed by atoms with Crippen molar-refractivity contribution in [1.82, 2.24) is 10.2 Å². The number of nitrogens with one attached hydrogen (secondary N) is 1. The summed E-state index contributed by atoms with van der Waals surface area (Å²) < 4.78 is 53.9. The molecule has 5 rings (SSSR count). The normalized spacial score (nSPS) is 15.5. The van der Waals surface area contributed by atoms with E-state index in [1.165, 1.54) is 13.2 Å². The summed E-state index contributed by atoms with van der Waals surface area (Å²) in [6.07, 6.45) is -1.82. The van der Waals surface area contributed by atoms with Crippen molar-refractivity contribution in [1.29, 1.82) is 0 Å². The van der Waals surface area contributed by atoms with E-state index in [4.69, 9.17) is 9.47 Å². The first-order valence-electron chi connectivity index (χ1n) is 12.7. The number of alkyl halides is 3. The number of aryl methyl sites for hydroxylation is 1. The summed E-state index contributed by atoms with van der Waals surface area (Å²) in [4.78, 5) is 15.0. The van der Waals surface area contributed by atoms with Gasteiger partial charge >= 0.3 is 6.18 Å². The van der Waals surface area contributed by atoms with Crippen LogP contribution < -0.4 is 15.0 Å². The lowest BCUT2D eigenvalue weighted by atomic mass is 9.93. The van der Waals surface area contributed by atoms with Crippen LogP contribution in [0.4, 0.5) is 24.0 Å². The van der Waals surface area contributed by atoms with E-state index in [-0.39, 0.29) is 27.7 Å². The van der Waals surface area contributed by atoms with Gasteiger partial charge in [0.2, 0.25) is 5.13 Å². The van der Waals surface area contributed by atoms with Gasteiger partial charge in [-0.15, -0.1) is 10.2 Å². The number of ether oxygens (including phenoxy) is 2. The summed E-state index contributed by atoms with van der Waals surface area (Å²) in [5, 5.41) is 11.5. The van der Waals surface area contributed by atoms with Gasteiger partial charge in [-0.3, -0.25) is 10.1 Å². The van der Waals surface area contributed by atoms with E-state index in [0.717, 1.165) is 35.8 Å². The topological polar surface area (TPSA) is 76.6 Å². The average Bonchev–Trinajstić information content (AvgIpc) is 3.67. The quantitative estimate of drug-likeness (QED) is 0.396. The lowest BCUT2D eigenvalue weighted by molar-refractivity contribution is -0.137. The fraction of sp³-hybridized carbons (Fsp3) is 0.393. The number of methoxy groups -OCH3 is 1. The third-order valence-corrected chi connectivity index (χ3v) is 7.36. The molecule has 1 N–H and O–H groups in total. The first-order valence-corrected chi connectivity index (χ1v) is 13.5. The summed E-state index contributed by atoms with van der Waals surface area (Å²) in [5.74, 6) is 6.19. The highest BCUT2D eigenvalue weighted by atomic mass is 32.1. The Balaban J connectivity index is 1.55. The first-order chi connectivity index (χ1) is 18.8. The molecule has 1 saturated carbocycles. The zero-order chi connectivity index (χ0) is 27.6. The molecule has 1 aromatic heterocycles. The molecule has 2 heterocycles. The monoisotopic (exact) mass is 556 g/mol. The number of benzene rings is 2. The van der Waals surface area contributed by atoms with E-state index >= 15 is 0 Å². The predicted octanol–water partition coefficient (Wildman–Crippen LogP) is 5.65. The fourth-order valence-corrected chi connectivity index (χ4v) is 4.95. The molecule has 1 aliphatic carbocycles.